The minimum absolute atomic E-state index is 0.0788. The van der Waals surface area contributed by atoms with Gasteiger partial charge in [-0.25, -0.2) is 13.4 Å². The highest BCUT2D eigenvalue weighted by atomic mass is 32.2. The fourth-order valence-corrected chi connectivity index (χ4v) is 5.70. The number of rotatable bonds is 7. The Bertz CT molecular complexity index is 1240. The van der Waals surface area contributed by atoms with Crippen molar-refractivity contribution in [2.45, 2.75) is 30.8 Å². The highest BCUT2D eigenvalue weighted by molar-refractivity contribution is 7.89. The van der Waals surface area contributed by atoms with Crippen molar-refractivity contribution in [1.82, 2.24) is 9.29 Å². The zero-order valence-electron chi connectivity index (χ0n) is 19.8. The fourth-order valence-electron chi connectivity index (χ4n) is 4.29. The van der Waals surface area contributed by atoms with Gasteiger partial charge in [-0.3, -0.25) is 4.79 Å². The van der Waals surface area contributed by atoms with Crippen molar-refractivity contribution in [2.24, 2.45) is 5.11 Å². The highest BCUT2D eigenvalue weighted by Crippen LogP contribution is 2.36. The average Bonchev–Trinajstić information content (AvgIpc) is 2.87. The molecule has 1 saturated heterocycles. The number of nitrogens with one attached hydrogen (secondary N) is 1. The van der Waals surface area contributed by atoms with Crippen LogP contribution in [-0.2, 0) is 19.6 Å². The van der Waals surface area contributed by atoms with Gasteiger partial charge < -0.3 is 19.9 Å². The molecular weight excluding hydrogens is 472 g/mol. The van der Waals surface area contributed by atoms with Gasteiger partial charge in [0.25, 0.3) is 0 Å². The summed E-state index contributed by atoms with van der Waals surface area (Å²) in [5.74, 6) is 1.05. The first-order chi connectivity index (χ1) is 16.7. The molecule has 1 amide bonds. The van der Waals surface area contributed by atoms with Gasteiger partial charge in [-0.15, -0.1) is 0 Å². The maximum Gasteiger partial charge on any atom is 0.249 e. The number of benzene rings is 1. The van der Waals surface area contributed by atoms with Crippen LogP contribution in [0.15, 0.2) is 46.4 Å². The van der Waals surface area contributed by atoms with Crippen molar-refractivity contribution < 1.29 is 17.9 Å². The summed E-state index contributed by atoms with van der Waals surface area (Å²) in [6, 6.07) is 9.34. The lowest BCUT2D eigenvalue weighted by Crippen LogP contribution is -2.55. The van der Waals surface area contributed by atoms with Crippen molar-refractivity contribution in [3.05, 3.63) is 46.8 Å². The first kappa shape index (κ1) is 24.7. The minimum Gasteiger partial charge on any atom is -0.379 e. The maximum absolute atomic E-state index is 12.9. The SMILES string of the molecule is CC(CN=[N+]=[N-])N1c2nc(Nc3ccc(S(=O)(=O)N4CCOCC4)cc3)ccc2N(C)C(=O)[C@H]1C. The van der Waals surface area contributed by atoms with Crippen LogP contribution in [0.2, 0.25) is 0 Å². The number of ether oxygens (including phenoxy) is 1. The van der Waals surface area contributed by atoms with Gasteiger partial charge in [-0.1, -0.05) is 5.11 Å². The maximum atomic E-state index is 12.9. The van der Waals surface area contributed by atoms with E-state index in [4.69, 9.17) is 15.3 Å². The molecule has 35 heavy (non-hydrogen) atoms. The molecule has 2 aliphatic heterocycles. The van der Waals surface area contributed by atoms with E-state index in [0.717, 1.165) is 0 Å². The standard InChI is InChI=1S/C22H28N8O4S/c1-15(14-24-27-23)30-16(2)22(31)28(3)19-8-9-20(26-21(19)30)25-17-4-6-18(7-5-17)35(32,33)29-10-12-34-13-11-29/h4-9,15-16H,10-14H2,1-3H3,(H,25,26)/t15?,16-/m1/s1. The number of likely N-dealkylation sites (N-methyl/N-ethyl adjacent to an activating group) is 1. The van der Waals surface area contributed by atoms with Crippen LogP contribution >= 0.6 is 0 Å². The number of aromatic nitrogens is 1. The number of sulfonamides is 1. The van der Waals surface area contributed by atoms with Crippen LogP contribution in [0.4, 0.5) is 23.0 Å². The Labute approximate surface area is 204 Å². The molecule has 3 heterocycles. The van der Waals surface area contributed by atoms with E-state index in [0.29, 0.717) is 49.3 Å². The van der Waals surface area contributed by atoms with Gasteiger partial charge in [0, 0.05) is 43.3 Å². The third-order valence-corrected chi connectivity index (χ3v) is 8.10. The summed E-state index contributed by atoms with van der Waals surface area (Å²) < 4.78 is 32.4. The van der Waals surface area contributed by atoms with E-state index in [1.165, 1.54) is 4.31 Å². The fraction of sp³-hybridized carbons (Fsp3) is 0.455. The highest BCUT2D eigenvalue weighted by Gasteiger charge is 2.37. The smallest absolute Gasteiger partial charge is 0.249 e. The van der Waals surface area contributed by atoms with E-state index in [2.05, 4.69) is 15.3 Å². The van der Waals surface area contributed by atoms with Crippen molar-refractivity contribution in [2.75, 3.05) is 55.0 Å². The number of carbonyl (C=O) groups is 1. The normalized spacial score (nSPS) is 19.6. The van der Waals surface area contributed by atoms with E-state index in [1.54, 1.807) is 55.3 Å². The Balaban J connectivity index is 1.58. The van der Waals surface area contributed by atoms with Crippen LogP contribution in [-0.4, -0.2) is 75.6 Å². The Morgan fingerprint density at radius 2 is 1.91 bits per heavy atom. The summed E-state index contributed by atoms with van der Waals surface area (Å²) in [6.45, 7) is 5.32. The van der Waals surface area contributed by atoms with Gasteiger partial charge in [-0.2, -0.15) is 4.31 Å². The topological polar surface area (TPSA) is 144 Å². The zero-order chi connectivity index (χ0) is 25.2. The van der Waals surface area contributed by atoms with Crippen LogP contribution in [0.1, 0.15) is 13.8 Å². The summed E-state index contributed by atoms with van der Waals surface area (Å²) in [5.41, 5.74) is 10.0. The summed E-state index contributed by atoms with van der Waals surface area (Å²) in [4.78, 5) is 24.0. The Morgan fingerprint density at radius 1 is 1.23 bits per heavy atom. The molecule has 0 saturated carbocycles. The molecule has 12 nitrogen and oxygen atoms in total. The molecule has 0 radical (unpaired) electrons. The predicted molar refractivity (Wildman–Crippen MR) is 132 cm³/mol. The number of anilines is 4. The van der Waals surface area contributed by atoms with E-state index < -0.39 is 16.1 Å². The van der Waals surface area contributed by atoms with Crippen LogP contribution in [0.25, 0.3) is 10.4 Å². The van der Waals surface area contributed by atoms with Crippen LogP contribution in [0, 0.1) is 0 Å². The van der Waals surface area contributed by atoms with Crippen molar-refractivity contribution >= 4 is 38.9 Å². The van der Waals surface area contributed by atoms with Crippen LogP contribution in [0.5, 0.6) is 0 Å². The van der Waals surface area contributed by atoms with Crippen molar-refractivity contribution in [3.63, 3.8) is 0 Å². The molecule has 13 heteroatoms. The number of carbonyl (C=O) groups excluding carboxylic acids is 1. The number of pyridine rings is 1. The number of fused-ring (bicyclic) bond motifs is 1. The lowest BCUT2D eigenvalue weighted by atomic mass is 10.1. The Hall–Kier alpha value is -3.38. The van der Waals surface area contributed by atoms with Gasteiger partial charge in [0.05, 0.1) is 23.8 Å². The molecule has 1 unspecified atom stereocenters. The largest absolute Gasteiger partial charge is 0.379 e. The molecule has 2 atom stereocenters. The number of hydrogen-bond acceptors (Lipinski definition) is 8. The molecule has 186 valence electrons. The molecule has 0 aliphatic carbocycles. The number of nitrogens with zero attached hydrogens (tertiary/aromatic N) is 7. The van der Waals surface area contributed by atoms with Gasteiger partial charge >= 0.3 is 0 Å². The molecule has 1 aromatic heterocycles. The third-order valence-electron chi connectivity index (χ3n) is 6.18. The number of azide groups is 1. The summed E-state index contributed by atoms with van der Waals surface area (Å²) >= 11 is 0. The predicted octanol–water partition coefficient (Wildman–Crippen LogP) is 2.72. The zero-order valence-corrected chi connectivity index (χ0v) is 20.6. The molecule has 1 fully saturated rings. The van der Waals surface area contributed by atoms with Gasteiger partial charge in [0.1, 0.15) is 11.9 Å². The summed E-state index contributed by atoms with van der Waals surface area (Å²) in [7, 11) is -1.87. The molecular formula is C22H28N8O4S. The molecule has 2 aliphatic rings. The second kappa shape index (κ2) is 10.1. The first-order valence-corrected chi connectivity index (χ1v) is 12.7. The van der Waals surface area contributed by atoms with Crippen LogP contribution < -0.4 is 15.1 Å². The van der Waals surface area contributed by atoms with Gasteiger partial charge in [-0.05, 0) is 55.8 Å². The third kappa shape index (κ3) is 4.89. The van der Waals surface area contributed by atoms with E-state index >= 15 is 0 Å². The molecule has 1 aromatic carbocycles. The molecule has 2 aromatic rings. The van der Waals surface area contributed by atoms with Crippen molar-refractivity contribution in [3.8, 4) is 0 Å². The molecule has 0 spiro atoms. The van der Waals surface area contributed by atoms with Crippen molar-refractivity contribution in [1.29, 1.82) is 0 Å². The summed E-state index contributed by atoms with van der Waals surface area (Å²) in [5, 5.41) is 6.87. The van der Waals surface area contributed by atoms with Gasteiger partial charge in [0.2, 0.25) is 15.9 Å². The monoisotopic (exact) mass is 500 g/mol. The Kier molecular flexibility index (Phi) is 7.13. The first-order valence-electron chi connectivity index (χ1n) is 11.3. The molecule has 4 rings (SSSR count). The van der Waals surface area contributed by atoms with Crippen LogP contribution in [0.3, 0.4) is 0 Å². The van der Waals surface area contributed by atoms with E-state index in [9.17, 15) is 13.2 Å². The number of hydrogen-bond donors (Lipinski definition) is 1. The number of morpholine rings is 1. The van der Waals surface area contributed by atoms with E-state index in [1.807, 2.05) is 11.8 Å². The molecule has 1 N–H and O–H groups in total. The van der Waals surface area contributed by atoms with Gasteiger partial charge in [0.15, 0.2) is 5.82 Å². The second-order valence-electron chi connectivity index (χ2n) is 8.45. The lowest BCUT2D eigenvalue weighted by Gasteiger charge is -2.42. The quantitative estimate of drug-likeness (QED) is 0.350. The number of amides is 1. The minimum atomic E-state index is -3.57. The lowest BCUT2D eigenvalue weighted by molar-refractivity contribution is -0.119. The summed E-state index contributed by atoms with van der Waals surface area (Å²) in [6.07, 6.45) is 0. The Morgan fingerprint density at radius 3 is 2.57 bits per heavy atom. The molecule has 0 bridgehead atoms. The van der Waals surface area contributed by atoms with E-state index in [-0.39, 0.29) is 23.4 Å². The second-order valence-corrected chi connectivity index (χ2v) is 10.4. The average molecular weight is 501 g/mol.